The van der Waals surface area contributed by atoms with Crippen LogP contribution in [0.3, 0.4) is 0 Å². The van der Waals surface area contributed by atoms with E-state index in [0.29, 0.717) is 17.7 Å². The van der Waals surface area contributed by atoms with Crippen molar-refractivity contribution in [3.8, 4) is 0 Å². The number of hydrogen-bond acceptors (Lipinski definition) is 5. The lowest BCUT2D eigenvalue weighted by atomic mass is 9.97. The number of carbonyl (C=O) groups excluding carboxylic acids is 1. The van der Waals surface area contributed by atoms with E-state index in [-0.39, 0.29) is 12.0 Å². The fraction of sp³-hybridized carbons (Fsp3) is 0.692. The predicted molar refractivity (Wildman–Crippen MR) is 74.6 cm³/mol. The van der Waals surface area contributed by atoms with Crippen molar-refractivity contribution in [3.05, 3.63) is 11.1 Å². The average Bonchev–Trinajstić information content (AvgIpc) is 3.11. The van der Waals surface area contributed by atoms with E-state index in [2.05, 4.69) is 15.6 Å². The standard InChI is InChI=1S/C13H19N3O2S/c17-12(10-2-1-7-18-10)16-13-15-8-11(19-13)9-3-5-14-6-4-9/h8-10,14H,1-7H2,(H,15,16,17). The molecular weight excluding hydrogens is 262 g/mol. The summed E-state index contributed by atoms with van der Waals surface area (Å²) in [5, 5.41) is 6.93. The molecule has 0 aliphatic carbocycles. The summed E-state index contributed by atoms with van der Waals surface area (Å²) in [6.45, 7) is 2.83. The van der Waals surface area contributed by atoms with Gasteiger partial charge >= 0.3 is 0 Å². The monoisotopic (exact) mass is 281 g/mol. The van der Waals surface area contributed by atoms with Gasteiger partial charge in [0.05, 0.1) is 0 Å². The Morgan fingerprint density at radius 2 is 2.26 bits per heavy atom. The number of thiazole rings is 1. The van der Waals surface area contributed by atoms with Crippen LogP contribution in [0.4, 0.5) is 5.13 Å². The van der Waals surface area contributed by atoms with E-state index >= 15 is 0 Å². The predicted octanol–water partition coefficient (Wildman–Crippen LogP) is 1.73. The van der Waals surface area contributed by atoms with Crippen molar-refractivity contribution >= 4 is 22.4 Å². The third kappa shape index (κ3) is 3.13. The highest BCUT2D eigenvalue weighted by Gasteiger charge is 2.25. The van der Waals surface area contributed by atoms with Gasteiger partial charge in [0.25, 0.3) is 5.91 Å². The van der Waals surface area contributed by atoms with Crippen molar-refractivity contribution in [1.29, 1.82) is 0 Å². The maximum Gasteiger partial charge on any atom is 0.255 e. The molecule has 2 aliphatic heterocycles. The minimum atomic E-state index is -0.286. The second kappa shape index (κ2) is 5.98. The van der Waals surface area contributed by atoms with Crippen molar-refractivity contribution in [2.45, 2.75) is 37.7 Å². The Labute approximate surface area is 116 Å². The summed E-state index contributed by atoms with van der Waals surface area (Å²) in [5.74, 6) is 0.538. The van der Waals surface area contributed by atoms with Gasteiger partial charge in [-0.25, -0.2) is 4.98 Å². The van der Waals surface area contributed by atoms with Crippen molar-refractivity contribution in [1.82, 2.24) is 10.3 Å². The molecule has 19 heavy (non-hydrogen) atoms. The highest BCUT2D eigenvalue weighted by Crippen LogP contribution is 2.31. The maximum atomic E-state index is 11.9. The minimum absolute atomic E-state index is 0.0521. The van der Waals surface area contributed by atoms with Gasteiger partial charge in [0.15, 0.2) is 5.13 Å². The molecule has 0 spiro atoms. The molecule has 2 saturated heterocycles. The van der Waals surface area contributed by atoms with E-state index in [0.717, 1.165) is 38.8 Å². The smallest absolute Gasteiger partial charge is 0.255 e. The fourth-order valence-electron chi connectivity index (χ4n) is 2.61. The first kappa shape index (κ1) is 13.0. The van der Waals surface area contributed by atoms with Crippen molar-refractivity contribution in [3.63, 3.8) is 0 Å². The summed E-state index contributed by atoms with van der Waals surface area (Å²) in [6, 6.07) is 0. The molecule has 0 saturated carbocycles. The van der Waals surface area contributed by atoms with Gasteiger partial charge in [-0.3, -0.25) is 10.1 Å². The normalized spacial score (nSPS) is 24.5. The second-order valence-electron chi connectivity index (χ2n) is 5.08. The molecule has 1 amide bonds. The van der Waals surface area contributed by atoms with Crippen LogP contribution in [0, 0.1) is 0 Å². The van der Waals surface area contributed by atoms with E-state index in [1.165, 1.54) is 4.88 Å². The van der Waals surface area contributed by atoms with Crippen LogP contribution in [0.5, 0.6) is 0 Å². The van der Waals surface area contributed by atoms with Crippen molar-refractivity contribution < 1.29 is 9.53 Å². The van der Waals surface area contributed by atoms with E-state index in [1.807, 2.05) is 6.20 Å². The van der Waals surface area contributed by atoms with Gasteiger partial charge < -0.3 is 10.1 Å². The van der Waals surface area contributed by atoms with Crippen LogP contribution >= 0.6 is 11.3 Å². The number of rotatable bonds is 3. The van der Waals surface area contributed by atoms with Gasteiger partial charge in [0.1, 0.15) is 6.10 Å². The molecule has 6 heteroatoms. The average molecular weight is 281 g/mol. The molecule has 104 valence electrons. The number of amides is 1. The molecule has 3 rings (SSSR count). The highest BCUT2D eigenvalue weighted by atomic mass is 32.1. The maximum absolute atomic E-state index is 11.9. The fourth-order valence-corrected chi connectivity index (χ4v) is 3.60. The lowest BCUT2D eigenvalue weighted by molar-refractivity contribution is -0.124. The third-order valence-electron chi connectivity index (χ3n) is 3.72. The van der Waals surface area contributed by atoms with Gasteiger partial charge in [-0.1, -0.05) is 0 Å². The number of ether oxygens (including phenoxy) is 1. The van der Waals surface area contributed by atoms with Crippen molar-refractivity contribution in [2.24, 2.45) is 0 Å². The molecule has 1 unspecified atom stereocenters. The molecule has 1 aromatic heterocycles. The van der Waals surface area contributed by atoms with Gasteiger partial charge in [-0.2, -0.15) is 0 Å². The summed E-state index contributed by atoms with van der Waals surface area (Å²) in [4.78, 5) is 17.5. The Morgan fingerprint density at radius 1 is 1.42 bits per heavy atom. The summed E-state index contributed by atoms with van der Waals surface area (Å²) < 4.78 is 5.37. The first-order valence-electron chi connectivity index (χ1n) is 6.92. The second-order valence-corrected chi connectivity index (χ2v) is 6.15. The van der Waals surface area contributed by atoms with E-state index in [4.69, 9.17) is 4.74 Å². The highest BCUT2D eigenvalue weighted by molar-refractivity contribution is 7.15. The molecule has 1 aromatic rings. The Morgan fingerprint density at radius 3 is 3.00 bits per heavy atom. The van der Waals surface area contributed by atoms with Crippen LogP contribution in [0.2, 0.25) is 0 Å². The number of aromatic nitrogens is 1. The number of nitrogens with one attached hydrogen (secondary N) is 2. The van der Waals surface area contributed by atoms with Crippen LogP contribution in [0.15, 0.2) is 6.20 Å². The molecule has 2 fully saturated rings. The topological polar surface area (TPSA) is 63.2 Å². The SMILES string of the molecule is O=C(Nc1ncc(C2CCNCC2)s1)C1CCCO1. The van der Waals surface area contributed by atoms with Gasteiger partial charge in [-0.05, 0) is 44.7 Å². The Bertz CT molecular complexity index is 437. The molecular formula is C13H19N3O2S. The zero-order valence-electron chi connectivity index (χ0n) is 10.9. The van der Waals surface area contributed by atoms with Gasteiger partial charge in [0.2, 0.25) is 0 Å². The van der Waals surface area contributed by atoms with Crippen molar-refractivity contribution in [2.75, 3.05) is 25.0 Å². The summed E-state index contributed by atoms with van der Waals surface area (Å²) >= 11 is 1.60. The van der Waals surface area contributed by atoms with Crippen LogP contribution in [0.25, 0.3) is 0 Å². The van der Waals surface area contributed by atoms with E-state index in [1.54, 1.807) is 11.3 Å². The summed E-state index contributed by atoms with van der Waals surface area (Å²) in [5.41, 5.74) is 0. The zero-order valence-corrected chi connectivity index (χ0v) is 11.7. The lowest BCUT2D eigenvalue weighted by Crippen LogP contribution is -2.26. The Hall–Kier alpha value is -0.980. The molecule has 3 heterocycles. The Kier molecular flexibility index (Phi) is 4.10. The molecule has 2 aliphatic rings. The summed E-state index contributed by atoms with van der Waals surface area (Å²) in [6.07, 6.45) is 5.72. The van der Waals surface area contributed by atoms with Crippen LogP contribution in [-0.2, 0) is 9.53 Å². The first-order valence-corrected chi connectivity index (χ1v) is 7.73. The third-order valence-corrected chi connectivity index (χ3v) is 4.79. The minimum Gasteiger partial charge on any atom is -0.368 e. The first-order chi connectivity index (χ1) is 9.33. The number of hydrogen-bond donors (Lipinski definition) is 2. The van der Waals surface area contributed by atoms with Crippen LogP contribution in [0.1, 0.15) is 36.5 Å². The number of anilines is 1. The van der Waals surface area contributed by atoms with Gasteiger partial charge in [0, 0.05) is 17.7 Å². The largest absolute Gasteiger partial charge is 0.368 e. The molecule has 0 bridgehead atoms. The number of nitrogens with zero attached hydrogens (tertiary/aromatic N) is 1. The molecule has 5 nitrogen and oxygen atoms in total. The lowest BCUT2D eigenvalue weighted by Gasteiger charge is -2.20. The Balaban J connectivity index is 1.59. The van der Waals surface area contributed by atoms with Gasteiger partial charge in [-0.15, -0.1) is 11.3 Å². The zero-order chi connectivity index (χ0) is 13.1. The number of carbonyl (C=O) groups is 1. The van der Waals surface area contributed by atoms with Crippen LogP contribution in [-0.4, -0.2) is 36.7 Å². The number of piperidine rings is 1. The molecule has 2 N–H and O–H groups in total. The summed E-state index contributed by atoms with van der Waals surface area (Å²) in [7, 11) is 0. The van der Waals surface area contributed by atoms with Crippen LogP contribution < -0.4 is 10.6 Å². The molecule has 1 atom stereocenters. The quantitative estimate of drug-likeness (QED) is 0.885. The molecule has 0 aromatic carbocycles. The van der Waals surface area contributed by atoms with E-state index in [9.17, 15) is 4.79 Å². The molecule has 0 radical (unpaired) electrons. The van der Waals surface area contributed by atoms with E-state index < -0.39 is 0 Å².